The highest BCUT2D eigenvalue weighted by Crippen LogP contribution is 2.18. The molecule has 1 aliphatic rings. The second-order valence-electron chi connectivity index (χ2n) is 6.07. The van der Waals surface area contributed by atoms with E-state index >= 15 is 0 Å². The van der Waals surface area contributed by atoms with E-state index in [1.807, 2.05) is 20.8 Å². The minimum Gasteiger partial charge on any atom is -0.348 e. The van der Waals surface area contributed by atoms with Gasteiger partial charge in [0.2, 0.25) is 5.91 Å². The van der Waals surface area contributed by atoms with Crippen LogP contribution < -0.4 is 5.32 Å². The van der Waals surface area contributed by atoms with E-state index in [9.17, 15) is 4.79 Å². The van der Waals surface area contributed by atoms with Crippen molar-refractivity contribution in [2.45, 2.75) is 33.2 Å². The van der Waals surface area contributed by atoms with E-state index in [0.29, 0.717) is 6.54 Å². The first kappa shape index (κ1) is 16.0. The number of hydrogen-bond acceptors (Lipinski definition) is 4. The normalized spacial score (nSPS) is 19.2. The average molecular weight is 293 g/mol. The van der Waals surface area contributed by atoms with Gasteiger partial charge in [-0.05, 0) is 47.3 Å². The van der Waals surface area contributed by atoms with Gasteiger partial charge < -0.3 is 10.2 Å². The van der Waals surface area contributed by atoms with Crippen LogP contribution in [0.5, 0.6) is 0 Å². The highest BCUT2D eigenvalue weighted by molar-refractivity contribution is 5.78. The first-order valence-electron chi connectivity index (χ1n) is 7.69. The van der Waals surface area contributed by atoms with E-state index in [1.54, 1.807) is 0 Å². The molecular formula is C15H27N5O. The third-order valence-electron chi connectivity index (χ3n) is 4.17. The van der Waals surface area contributed by atoms with Crippen molar-refractivity contribution < 1.29 is 4.79 Å². The van der Waals surface area contributed by atoms with Gasteiger partial charge in [0.25, 0.3) is 0 Å². The van der Waals surface area contributed by atoms with Gasteiger partial charge in [-0.1, -0.05) is 0 Å². The molecule has 0 aliphatic carbocycles. The topological polar surface area (TPSA) is 64.3 Å². The lowest BCUT2D eigenvalue weighted by atomic mass is 10.1. The number of nitrogens with zero attached hydrogens (tertiary/aromatic N) is 3. The molecule has 2 N–H and O–H groups in total. The van der Waals surface area contributed by atoms with Gasteiger partial charge in [-0.3, -0.25) is 14.8 Å². The molecular weight excluding hydrogens is 266 g/mol. The largest absolute Gasteiger partial charge is 0.348 e. The second-order valence-corrected chi connectivity index (χ2v) is 6.07. The Balaban J connectivity index is 1.87. The molecule has 0 spiro atoms. The number of carbonyl (C=O) groups excluding carboxylic acids is 1. The molecule has 1 aromatic heterocycles. The Morgan fingerprint density at radius 1 is 1.33 bits per heavy atom. The van der Waals surface area contributed by atoms with Gasteiger partial charge in [0.15, 0.2) is 0 Å². The molecule has 2 heterocycles. The predicted molar refractivity (Wildman–Crippen MR) is 83.2 cm³/mol. The van der Waals surface area contributed by atoms with Crippen LogP contribution in [0.25, 0.3) is 0 Å². The number of aromatic nitrogens is 2. The van der Waals surface area contributed by atoms with Crippen LogP contribution in [0.2, 0.25) is 0 Å². The van der Waals surface area contributed by atoms with Crippen molar-refractivity contribution in [2.75, 3.05) is 39.8 Å². The Hall–Kier alpha value is -1.40. The van der Waals surface area contributed by atoms with Crippen molar-refractivity contribution in [1.29, 1.82) is 0 Å². The lowest BCUT2D eigenvalue weighted by molar-refractivity contribution is -0.122. The SMILES string of the molecule is Cc1n[nH]c(C)c1C(C)NC(=O)CN1CCCN(C)CC1. The van der Waals surface area contributed by atoms with Crippen LogP contribution >= 0.6 is 0 Å². The van der Waals surface area contributed by atoms with Crippen molar-refractivity contribution in [2.24, 2.45) is 0 Å². The maximum Gasteiger partial charge on any atom is 0.234 e. The molecule has 1 fully saturated rings. The number of aryl methyl sites for hydroxylation is 2. The minimum atomic E-state index is -0.00842. The molecule has 6 nitrogen and oxygen atoms in total. The molecule has 2 rings (SSSR count). The molecule has 0 bridgehead atoms. The smallest absolute Gasteiger partial charge is 0.234 e. The summed E-state index contributed by atoms with van der Waals surface area (Å²) in [5.41, 5.74) is 3.08. The molecule has 6 heteroatoms. The number of amides is 1. The van der Waals surface area contributed by atoms with Crippen LogP contribution in [0.3, 0.4) is 0 Å². The lowest BCUT2D eigenvalue weighted by Crippen LogP contribution is -2.40. The van der Waals surface area contributed by atoms with Crippen molar-refractivity contribution in [1.82, 2.24) is 25.3 Å². The average Bonchev–Trinajstić information content (AvgIpc) is 2.61. The van der Waals surface area contributed by atoms with Crippen LogP contribution in [0.4, 0.5) is 0 Å². The van der Waals surface area contributed by atoms with Gasteiger partial charge in [0.1, 0.15) is 0 Å². The zero-order chi connectivity index (χ0) is 15.4. The minimum absolute atomic E-state index is 0.00842. The van der Waals surface area contributed by atoms with E-state index in [1.165, 1.54) is 0 Å². The maximum absolute atomic E-state index is 12.2. The number of rotatable bonds is 4. The molecule has 1 amide bonds. The first-order valence-corrected chi connectivity index (χ1v) is 7.69. The van der Waals surface area contributed by atoms with Crippen molar-refractivity contribution in [3.8, 4) is 0 Å². The van der Waals surface area contributed by atoms with Crippen LogP contribution in [0, 0.1) is 13.8 Å². The van der Waals surface area contributed by atoms with Crippen LogP contribution in [0.1, 0.15) is 36.3 Å². The van der Waals surface area contributed by atoms with Crippen LogP contribution in [0.15, 0.2) is 0 Å². The van der Waals surface area contributed by atoms with Crippen molar-refractivity contribution in [3.05, 3.63) is 17.0 Å². The molecule has 1 unspecified atom stereocenters. The molecule has 1 atom stereocenters. The van der Waals surface area contributed by atoms with Crippen LogP contribution in [-0.2, 0) is 4.79 Å². The fourth-order valence-electron chi connectivity index (χ4n) is 3.02. The zero-order valence-electron chi connectivity index (χ0n) is 13.6. The van der Waals surface area contributed by atoms with Gasteiger partial charge in [-0.15, -0.1) is 0 Å². The fraction of sp³-hybridized carbons (Fsp3) is 0.733. The summed E-state index contributed by atoms with van der Waals surface area (Å²) in [7, 11) is 2.14. The highest BCUT2D eigenvalue weighted by atomic mass is 16.2. The standard InChI is InChI=1S/C15H27N5O/c1-11(15-12(2)17-18-13(15)3)16-14(21)10-20-7-5-6-19(4)8-9-20/h11H,5-10H2,1-4H3,(H,16,21)(H,17,18). The van der Waals surface area contributed by atoms with Gasteiger partial charge in [0.05, 0.1) is 18.3 Å². The molecule has 1 saturated heterocycles. The van der Waals surface area contributed by atoms with Crippen molar-refractivity contribution in [3.63, 3.8) is 0 Å². The van der Waals surface area contributed by atoms with Gasteiger partial charge >= 0.3 is 0 Å². The fourth-order valence-corrected chi connectivity index (χ4v) is 3.02. The molecule has 0 aromatic carbocycles. The molecule has 0 saturated carbocycles. The summed E-state index contributed by atoms with van der Waals surface area (Å²) in [6, 6.07) is -0.00842. The summed E-state index contributed by atoms with van der Waals surface area (Å²) < 4.78 is 0. The predicted octanol–water partition coefficient (Wildman–Crippen LogP) is 0.841. The number of carbonyl (C=O) groups is 1. The number of hydrogen-bond donors (Lipinski definition) is 2. The number of likely N-dealkylation sites (N-methyl/N-ethyl adjacent to an activating group) is 1. The summed E-state index contributed by atoms with van der Waals surface area (Å²) in [4.78, 5) is 16.8. The van der Waals surface area contributed by atoms with E-state index in [-0.39, 0.29) is 11.9 Å². The summed E-state index contributed by atoms with van der Waals surface area (Å²) >= 11 is 0. The molecule has 1 aliphatic heterocycles. The van der Waals surface area contributed by atoms with E-state index in [2.05, 4.69) is 32.4 Å². The quantitative estimate of drug-likeness (QED) is 0.863. The summed E-state index contributed by atoms with van der Waals surface area (Å²) in [6.45, 7) is 10.5. The summed E-state index contributed by atoms with van der Waals surface area (Å²) in [5, 5.41) is 10.2. The Bertz CT molecular complexity index is 465. The Morgan fingerprint density at radius 3 is 2.76 bits per heavy atom. The number of H-pyrrole nitrogens is 1. The Kier molecular flexibility index (Phi) is 5.36. The number of nitrogens with one attached hydrogen (secondary N) is 2. The summed E-state index contributed by atoms with van der Waals surface area (Å²) in [5.74, 6) is 0.0899. The van der Waals surface area contributed by atoms with Gasteiger partial charge in [0, 0.05) is 24.3 Å². The highest BCUT2D eigenvalue weighted by Gasteiger charge is 2.19. The monoisotopic (exact) mass is 293 g/mol. The van der Waals surface area contributed by atoms with E-state index in [0.717, 1.165) is 49.6 Å². The second kappa shape index (κ2) is 7.04. The van der Waals surface area contributed by atoms with Gasteiger partial charge in [-0.25, -0.2) is 0 Å². The molecule has 21 heavy (non-hydrogen) atoms. The molecule has 1 aromatic rings. The third-order valence-corrected chi connectivity index (χ3v) is 4.17. The molecule has 0 radical (unpaired) electrons. The maximum atomic E-state index is 12.2. The molecule has 118 valence electrons. The lowest BCUT2D eigenvalue weighted by Gasteiger charge is -2.21. The Morgan fingerprint density at radius 2 is 2.10 bits per heavy atom. The van der Waals surface area contributed by atoms with E-state index in [4.69, 9.17) is 0 Å². The van der Waals surface area contributed by atoms with Crippen molar-refractivity contribution >= 4 is 5.91 Å². The van der Waals surface area contributed by atoms with Crippen LogP contribution in [-0.4, -0.2) is 65.7 Å². The third kappa shape index (κ3) is 4.28. The summed E-state index contributed by atoms with van der Waals surface area (Å²) in [6.07, 6.45) is 1.12. The van der Waals surface area contributed by atoms with Gasteiger partial charge in [-0.2, -0.15) is 5.10 Å². The zero-order valence-corrected chi connectivity index (χ0v) is 13.6. The van der Waals surface area contributed by atoms with E-state index < -0.39 is 0 Å². The first-order chi connectivity index (χ1) is 9.97. The Labute approximate surface area is 126 Å². The number of aromatic amines is 1.